The van der Waals surface area contributed by atoms with Crippen molar-refractivity contribution in [3.8, 4) is 16.9 Å². The van der Waals surface area contributed by atoms with Crippen LogP contribution in [0.25, 0.3) is 31.3 Å². The lowest BCUT2D eigenvalue weighted by atomic mass is 10.0. The van der Waals surface area contributed by atoms with E-state index in [1.807, 2.05) is 0 Å². The number of hydrogen-bond acceptors (Lipinski definition) is 5. The average molecular weight is 471 g/mol. The molecule has 0 fully saturated rings. The fraction of sp³-hybridized carbons (Fsp3) is 0.0500. The number of fused-ring (bicyclic) bond motifs is 2. The predicted octanol–water partition coefficient (Wildman–Crippen LogP) is 5.96. The zero-order valence-corrected chi connectivity index (χ0v) is 17.1. The molecule has 30 heavy (non-hydrogen) atoms. The van der Waals surface area contributed by atoms with E-state index in [0.29, 0.717) is 25.5 Å². The third kappa shape index (κ3) is 3.64. The molecular formula is C20H10ClF3O4S2. The molecule has 0 aliphatic heterocycles. The van der Waals surface area contributed by atoms with Gasteiger partial charge in [0.2, 0.25) is 0 Å². The lowest BCUT2D eigenvalue weighted by Crippen LogP contribution is -2.28. The van der Waals surface area contributed by atoms with Gasteiger partial charge in [-0.15, -0.1) is 11.3 Å². The summed E-state index contributed by atoms with van der Waals surface area (Å²) in [5.74, 6) is -0.679. The van der Waals surface area contributed by atoms with Crippen molar-refractivity contribution >= 4 is 53.2 Å². The first-order chi connectivity index (χ1) is 14.1. The minimum atomic E-state index is -5.97. The summed E-state index contributed by atoms with van der Waals surface area (Å²) in [6.45, 7) is 0. The molecule has 0 radical (unpaired) electrons. The van der Waals surface area contributed by atoms with Crippen molar-refractivity contribution in [1.29, 1.82) is 0 Å². The Morgan fingerprint density at radius 1 is 0.900 bits per heavy atom. The van der Waals surface area contributed by atoms with E-state index in [1.165, 1.54) is 6.07 Å². The number of alkyl halides is 3. The molecule has 0 aliphatic carbocycles. The van der Waals surface area contributed by atoms with Crippen LogP contribution in [0.5, 0.6) is 5.75 Å². The Hall–Kier alpha value is -2.62. The Bertz CT molecular complexity index is 1440. The van der Waals surface area contributed by atoms with E-state index in [1.54, 1.807) is 48.5 Å². The number of halogens is 4. The van der Waals surface area contributed by atoms with Gasteiger partial charge in [0.25, 0.3) is 0 Å². The molecule has 4 nitrogen and oxygen atoms in total. The lowest BCUT2D eigenvalue weighted by Gasteiger charge is -2.13. The molecule has 0 unspecified atom stereocenters. The second-order valence-electron chi connectivity index (χ2n) is 6.26. The SMILES string of the molecule is O=c1c2ccccc2sc2cc(-c3ccc(Cl)cc3)cc(OS(=O)(=O)C(F)(F)F)c12. The van der Waals surface area contributed by atoms with Crippen LogP contribution in [-0.4, -0.2) is 13.9 Å². The van der Waals surface area contributed by atoms with E-state index in [-0.39, 0.29) is 10.8 Å². The quantitative estimate of drug-likeness (QED) is 0.210. The fourth-order valence-electron chi connectivity index (χ4n) is 2.93. The number of benzene rings is 3. The standard InChI is InChI=1S/C20H10ClF3O4S2/c21-13-7-5-11(6-8-13)12-9-15(28-30(26,27)20(22,23)24)18-17(10-12)29-16-4-2-1-3-14(16)19(18)25/h1-10H. The average Bonchev–Trinajstić information content (AvgIpc) is 2.67. The van der Waals surface area contributed by atoms with Gasteiger partial charge in [-0.2, -0.15) is 21.6 Å². The molecule has 1 aromatic heterocycles. The largest absolute Gasteiger partial charge is 0.534 e. The van der Waals surface area contributed by atoms with Crippen LogP contribution < -0.4 is 9.61 Å². The van der Waals surface area contributed by atoms with Crippen molar-refractivity contribution in [3.63, 3.8) is 0 Å². The molecule has 10 heteroatoms. The van der Waals surface area contributed by atoms with Crippen LogP contribution in [0.1, 0.15) is 0 Å². The maximum Gasteiger partial charge on any atom is 0.534 e. The van der Waals surface area contributed by atoms with Gasteiger partial charge in [0.05, 0.1) is 5.39 Å². The van der Waals surface area contributed by atoms with Crippen LogP contribution in [0.3, 0.4) is 0 Å². The van der Waals surface area contributed by atoms with Gasteiger partial charge in [0.15, 0.2) is 11.2 Å². The van der Waals surface area contributed by atoms with Crippen molar-refractivity contribution in [1.82, 2.24) is 0 Å². The minimum absolute atomic E-state index is 0.232. The van der Waals surface area contributed by atoms with E-state index in [2.05, 4.69) is 4.18 Å². The number of rotatable bonds is 3. The molecule has 3 aromatic carbocycles. The second-order valence-corrected chi connectivity index (χ2v) is 9.32. The summed E-state index contributed by atoms with van der Waals surface area (Å²) >= 11 is 7.02. The molecule has 0 amide bonds. The molecule has 0 bridgehead atoms. The van der Waals surface area contributed by atoms with E-state index >= 15 is 0 Å². The zero-order valence-electron chi connectivity index (χ0n) is 14.7. The van der Waals surface area contributed by atoms with Gasteiger partial charge in [0.1, 0.15) is 0 Å². The molecular weight excluding hydrogens is 461 g/mol. The minimum Gasteiger partial charge on any atom is -0.375 e. The van der Waals surface area contributed by atoms with Gasteiger partial charge in [-0.1, -0.05) is 35.9 Å². The Morgan fingerprint density at radius 2 is 1.57 bits per heavy atom. The summed E-state index contributed by atoms with van der Waals surface area (Å²) in [6.07, 6.45) is 0. The Morgan fingerprint density at radius 3 is 2.23 bits per heavy atom. The van der Waals surface area contributed by atoms with Gasteiger partial charge in [-0.25, -0.2) is 0 Å². The molecule has 154 valence electrons. The molecule has 0 N–H and O–H groups in total. The van der Waals surface area contributed by atoms with E-state index in [4.69, 9.17) is 11.6 Å². The van der Waals surface area contributed by atoms with Gasteiger partial charge < -0.3 is 4.18 Å². The summed E-state index contributed by atoms with van der Waals surface area (Å²) in [6, 6.07) is 15.7. The summed E-state index contributed by atoms with van der Waals surface area (Å²) < 4.78 is 67.5. The molecule has 4 aromatic rings. The summed E-state index contributed by atoms with van der Waals surface area (Å²) in [7, 11) is -5.97. The lowest BCUT2D eigenvalue weighted by molar-refractivity contribution is -0.0499. The Kier molecular flexibility index (Phi) is 5.00. The summed E-state index contributed by atoms with van der Waals surface area (Å²) in [5, 5.41) is 0.471. The van der Waals surface area contributed by atoms with Crippen molar-refractivity contribution in [3.05, 3.63) is 75.9 Å². The van der Waals surface area contributed by atoms with Gasteiger partial charge in [0, 0.05) is 19.8 Å². The predicted molar refractivity (Wildman–Crippen MR) is 112 cm³/mol. The van der Waals surface area contributed by atoms with E-state index in [0.717, 1.165) is 17.4 Å². The van der Waals surface area contributed by atoms with Crippen molar-refractivity contribution in [2.75, 3.05) is 0 Å². The van der Waals surface area contributed by atoms with E-state index in [9.17, 15) is 26.4 Å². The molecule has 0 aliphatic rings. The fourth-order valence-corrected chi connectivity index (χ4v) is 4.65. The van der Waals surface area contributed by atoms with Crippen LogP contribution in [0, 0.1) is 0 Å². The molecule has 0 spiro atoms. The van der Waals surface area contributed by atoms with Crippen LogP contribution in [-0.2, 0) is 10.1 Å². The van der Waals surface area contributed by atoms with Crippen molar-refractivity contribution in [2.24, 2.45) is 0 Å². The van der Waals surface area contributed by atoms with Crippen LogP contribution in [0.2, 0.25) is 5.02 Å². The highest BCUT2D eigenvalue weighted by molar-refractivity contribution is 7.88. The normalized spacial score (nSPS) is 12.4. The zero-order chi connectivity index (χ0) is 21.7. The van der Waals surface area contributed by atoms with Crippen LogP contribution >= 0.6 is 22.9 Å². The van der Waals surface area contributed by atoms with Gasteiger partial charge in [-0.05, 0) is 47.5 Å². The molecule has 0 atom stereocenters. The third-order valence-corrected chi connectivity index (χ3v) is 6.64. The summed E-state index contributed by atoms with van der Waals surface area (Å²) in [4.78, 5) is 13.0. The van der Waals surface area contributed by atoms with Gasteiger partial charge in [-0.3, -0.25) is 4.79 Å². The highest BCUT2D eigenvalue weighted by Crippen LogP contribution is 2.38. The summed E-state index contributed by atoms with van der Waals surface area (Å²) in [5.41, 5.74) is -5.32. The highest BCUT2D eigenvalue weighted by atomic mass is 35.5. The van der Waals surface area contributed by atoms with Gasteiger partial charge >= 0.3 is 15.6 Å². The maximum absolute atomic E-state index is 13.0. The second kappa shape index (κ2) is 7.26. The Balaban J connectivity index is 2.06. The van der Waals surface area contributed by atoms with Crippen LogP contribution in [0.4, 0.5) is 13.2 Å². The Labute approximate surface area is 177 Å². The van der Waals surface area contributed by atoms with Crippen molar-refractivity contribution in [2.45, 2.75) is 5.51 Å². The molecule has 1 heterocycles. The number of hydrogen-bond donors (Lipinski definition) is 0. The first-order valence-electron chi connectivity index (χ1n) is 8.33. The monoisotopic (exact) mass is 470 g/mol. The maximum atomic E-state index is 13.0. The third-order valence-electron chi connectivity index (χ3n) is 4.31. The first-order valence-corrected chi connectivity index (χ1v) is 10.9. The first kappa shape index (κ1) is 20.6. The van der Waals surface area contributed by atoms with Crippen molar-refractivity contribution < 1.29 is 25.8 Å². The highest BCUT2D eigenvalue weighted by Gasteiger charge is 2.48. The van der Waals surface area contributed by atoms with Crippen LogP contribution in [0.15, 0.2) is 65.5 Å². The topological polar surface area (TPSA) is 60.4 Å². The van der Waals surface area contributed by atoms with E-state index < -0.39 is 26.8 Å². The smallest absolute Gasteiger partial charge is 0.375 e. The molecule has 0 saturated carbocycles. The molecule has 0 saturated heterocycles. The molecule has 4 rings (SSSR count).